The third kappa shape index (κ3) is 3.60. The molecule has 0 aliphatic rings. The highest BCUT2D eigenvalue weighted by atomic mass is 16.5. The maximum atomic E-state index is 11.7. The van der Waals surface area contributed by atoms with Gasteiger partial charge >= 0.3 is 0 Å². The number of methoxy groups -OCH3 is 1. The summed E-state index contributed by atoms with van der Waals surface area (Å²) < 4.78 is 10.8. The Balaban J connectivity index is 1.86. The molecule has 3 aromatic rings. The van der Waals surface area contributed by atoms with Crippen LogP contribution >= 0.6 is 0 Å². The molecule has 1 aromatic carbocycles. The van der Waals surface area contributed by atoms with Gasteiger partial charge in [-0.2, -0.15) is 4.98 Å². The van der Waals surface area contributed by atoms with Gasteiger partial charge in [0.05, 0.1) is 0 Å². The minimum absolute atomic E-state index is 0.184. The van der Waals surface area contributed by atoms with Crippen LogP contribution in [0.15, 0.2) is 51.8 Å². The molecule has 1 atom stereocenters. The zero-order valence-electron chi connectivity index (χ0n) is 13.7. The summed E-state index contributed by atoms with van der Waals surface area (Å²) in [6.07, 6.45) is 1.06. The molecule has 1 N–H and O–H groups in total. The molecule has 6 nitrogen and oxygen atoms in total. The van der Waals surface area contributed by atoms with Gasteiger partial charge in [-0.15, -0.1) is 0 Å². The number of pyridine rings is 1. The highest BCUT2D eigenvalue weighted by molar-refractivity contribution is 5.52. The van der Waals surface area contributed by atoms with Crippen LogP contribution < -0.4 is 5.56 Å². The first kappa shape index (κ1) is 16.1. The third-order valence-electron chi connectivity index (χ3n) is 3.81. The van der Waals surface area contributed by atoms with Crippen molar-refractivity contribution in [3.8, 4) is 11.5 Å². The van der Waals surface area contributed by atoms with Crippen molar-refractivity contribution in [2.75, 3.05) is 7.11 Å². The molecule has 0 bridgehead atoms. The third-order valence-corrected chi connectivity index (χ3v) is 3.81. The van der Waals surface area contributed by atoms with Gasteiger partial charge in [-0.05, 0) is 18.1 Å². The molecule has 6 heteroatoms. The fourth-order valence-electron chi connectivity index (χ4n) is 2.51. The van der Waals surface area contributed by atoms with Crippen molar-refractivity contribution in [1.82, 2.24) is 15.1 Å². The summed E-state index contributed by atoms with van der Waals surface area (Å²) >= 11 is 0. The lowest BCUT2D eigenvalue weighted by Gasteiger charge is -2.10. The monoisotopic (exact) mass is 325 g/mol. The van der Waals surface area contributed by atoms with Crippen LogP contribution in [-0.2, 0) is 17.6 Å². The molecule has 3 rings (SSSR count). The maximum absolute atomic E-state index is 11.7. The average Bonchev–Trinajstić information content (AvgIpc) is 3.10. The number of aryl methyl sites for hydroxylation is 1. The number of H-pyrrole nitrogens is 1. The standard InChI is InChI=1S/C18H19N3O3/c1-3-14-10-13(11-16(22)19-14)18-20-17(21-24-18)15(23-2)9-12-7-5-4-6-8-12/h4-8,10-11,15H,3,9H2,1-2H3,(H,19,22)/t15-/m0/s1. The lowest BCUT2D eigenvalue weighted by molar-refractivity contribution is 0.0938. The second-order valence-corrected chi connectivity index (χ2v) is 5.48. The van der Waals surface area contributed by atoms with Crippen LogP contribution in [0.1, 0.15) is 30.1 Å². The van der Waals surface area contributed by atoms with Crippen LogP contribution in [0.3, 0.4) is 0 Å². The molecule has 0 radical (unpaired) electrons. The molecular formula is C18H19N3O3. The molecule has 24 heavy (non-hydrogen) atoms. The molecule has 124 valence electrons. The highest BCUT2D eigenvalue weighted by Crippen LogP contribution is 2.23. The van der Waals surface area contributed by atoms with E-state index >= 15 is 0 Å². The van der Waals surface area contributed by atoms with E-state index in [0.717, 1.165) is 17.7 Å². The number of nitrogens with zero attached hydrogens (tertiary/aromatic N) is 2. The van der Waals surface area contributed by atoms with Crippen molar-refractivity contribution >= 4 is 0 Å². The molecule has 0 saturated carbocycles. The topological polar surface area (TPSA) is 81.0 Å². The van der Waals surface area contributed by atoms with E-state index in [9.17, 15) is 4.79 Å². The van der Waals surface area contributed by atoms with E-state index < -0.39 is 0 Å². The zero-order valence-corrected chi connectivity index (χ0v) is 13.7. The van der Waals surface area contributed by atoms with Gasteiger partial charge in [0.15, 0.2) is 0 Å². The number of rotatable bonds is 6. The lowest BCUT2D eigenvalue weighted by Crippen LogP contribution is -2.08. The predicted molar refractivity (Wildman–Crippen MR) is 89.6 cm³/mol. The molecular weight excluding hydrogens is 306 g/mol. The van der Waals surface area contributed by atoms with E-state index in [1.54, 1.807) is 7.11 Å². The van der Waals surface area contributed by atoms with Gasteiger partial charge in [-0.1, -0.05) is 42.4 Å². The van der Waals surface area contributed by atoms with E-state index in [0.29, 0.717) is 23.7 Å². The first-order valence-corrected chi connectivity index (χ1v) is 7.83. The number of aromatic amines is 1. The van der Waals surface area contributed by atoms with E-state index in [1.165, 1.54) is 6.07 Å². The maximum Gasteiger partial charge on any atom is 0.258 e. The van der Waals surface area contributed by atoms with E-state index in [1.807, 2.05) is 43.3 Å². The van der Waals surface area contributed by atoms with Crippen molar-refractivity contribution in [3.63, 3.8) is 0 Å². The van der Waals surface area contributed by atoms with E-state index in [2.05, 4.69) is 15.1 Å². The van der Waals surface area contributed by atoms with Crippen LogP contribution in [-0.4, -0.2) is 22.2 Å². The second kappa shape index (κ2) is 7.23. The number of hydrogen-bond acceptors (Lipinski definition) is 5. The first-order chi connectivity index (χ1) is 11.7. The molecule has 0 spiro atoms. The molecule has 2 aromatic heterocycles. The summed E-state index contributed by atoms with van der Waals surface area (Å²) in [5.74, 6) is 0.788. The van der Waals surface area contributed by atoms with Crippen molar-refractivity contribution in [3.05, 3.63) is 69.9 Å². The highest BCUT2D eigenvalue weighted by Gasteiger charge is 2.19. The molecule has 0 amide bonds. The molecule has 0 unspecified atom stereocenters. The quantitative estimate of drug-likeness (QED) is 0.753. The van der Waals surface area contributed by atoms with Gasteiger partial charge < -0.3 is 14.2 Å². The van der Waals surface area contributed by atoms with E-state index in [4.69, 9.17) is 9.26 Å². The van der Waals surface area contributed by atoms with Crippen molar-refractivity contribution in [2.45, 2.75) is 25.9 Å². The average molecular weight is 325 g/mol. The van der Waals surface area contributed by atoms with E-state index in [-0.39, 0.29) is 11.7 Å². The van der Waals surface area contributed by atoms with Gasteiger partial charge in [-0.3, -0.25) is 4.79 Å². The van der Waals surface area contributed by atoms with Gasteiger partial charge in [0, 0.05) is 30.9 Å². The summed E-state index contributed by atoms with van der Waals surface area (Å²) in [7, 11) is 1.62. The largest absolute Gasteiger partial charge is 0.373 e. The molecule has 0 aliphatic heterocycles. The van der Waals surface area contributed by atoms with Crippen LogP contribution in [0, 0.1) is 0 Å². The number of benzene rings is 1. The van der Waals surface area contributed by atoms with Gasteiger partial charge in [0.25, 0.3) is 5.89 Å². The normalized spacial score (nSPS) is 12.2. The summed E-state index contributed by atoms with van der Waals surface area (Å²) in [5.41, 5.74) is 2.38. The van der Waals surface area contributed by atoms with Gasteiger partial charge in [0.2, 0.25) is 11.4 Å². The number of ether oxygens (including phenoxy) is 1. The minimum atomic E-state index is -0.308. The van der Waals surface area contributed by atoms with Gasteiger partial charge in [-0.25, -0.2) is 0 Å². The Hall–Kier alpha value is -2.73. The Morgan fingerprint density at radius 3 is 2.75 bits per heavy atom. The summed E-state index contributed by atoms with van der Waals surface area (Å²) in [6, 6.07) is 13.3. The zero-order chi connectivity index (χ0) is 16.9. The van der Waals surface area contributed by atoms with Crippen molar-refractivity contribution < 1.29 is 9.26 Å². The second-order valence-electron chi connectivity index (χ2n) is 5.48. The predicted octanol–water partition coefficient (Wildman–Crippen LogP) is 2.92. The summed E-state index contributed by atoms with van der Waals surface area (Å²) in [6.45, 7) is 1.97. The Morgan fingerprint density at radius 1 is 1.25 bits per heavy atom. The Labute approximate surface area is 139 Å². The smallest absolute Gasteiger partial charge is 0.258 e. The van der Waals surface area contributed by atoms with Crippen LogP contribution in [0.25, 0.3) is 11.5 Å². The summed E-state index contributed by atoms with van der Waals surface area (Å²) in [4.78, 5) is 18.9. The van der Waals surface area contributed by atoms with Crippen LogP contribution in [0.5, 0.6) is 0 Å². The fourth-order valence-corrected chi connectivity index (χ4v) is 2.51. The SMILES string of the molecule is CCc1cc(-c2nc([C@H](Cc3ccccc3)OC)no2)cc(=O)[nH]1. The molecule has 0 aliphatic carbocycles. The number of hydrogen-bond donors (Lipinski definition) is 1. The Kier molecular flexibility index (Phi) is 4.86. The minimum Gasteiger partial charge on any atom is -0.373 e. The van der Waals surface area contributed by atoms with Gasteiger partial charge in [0.1, 0.15) is 6.10 Å². The molecule has 0 fully saturated rings. The van der Waals surface area contributed by atoms with Crippen molar-refractivity contribution in [2.24, 2.45) is 0 Å². The number of nitrogens with one attached hydrogen (secondary N) is 1. The van der Waals surface area contributed by atoms with Crippen LogP contribution in [0.4, 0.5) is 0 Å². The van der Waals surface area contributed by atoms with Crippen LogP contribution in [0.2, 0.25) is 0 Å². The summed E-state index contributed by atoms with van der Waals surface area (Å²) in [5, 5.41) is 4.02. The first-order valence-electron chi connectivity index (χ1n) is 7.83. The molecule has 2 heterocycles. The lowest BCUT2D eigenvalue weighted by atomic mass is 10.1. The Morgan fingerprint density at radius 2 is 2.04 bits per heavy atom. The molecule has 0 saturated heterocycles. The Bertz CT molecular complexity index is 855. The number of aromatic nitrogens is 3. The fraction of sp³-hybridized carbons (Fsp3) is 0.278. The van der Waals surface area contributed by atoms with Crippen molar-refractivity contribution in [1.29, 1.82) is 0 Å².